The molecule has 0 spiro atoms. The van der Waals surface area contributed by atoms with Crippen molar-refractivity contribution in [3.8, 4) is 23.1 Å². The van der Waals surface area contributed by atoms with Gasteiger partial charge in [-0.25, -0.2) is 4.68 Å². The molecule has 0 N–H and O–H groups in total. The molecule has 2 aromatic heterocycles. The molecule has 7 heteroatoms. The minimum absolute atomic E-state index is 0.0594. The Kier molecular flexibility index (Phi) is 6.36. The maximum absolute atomic E-state index is 13.4. The summed E-state index contributed by atoms with van der Waals surface area (Å²) in [4.78, 5) is 16.1. The number of benzene rings is 2. The van der Waals surface area contributed by atoms with Gasteiger partial charge in [-0.05, 0) is 73.5 Å². The highest BCUT2D eigenvalue weighted by molar-refractivity contribution is 7.12. The molecule has 0 unspecified atom stereocenters. The quantitative estimate of drug-likeness (QED) is 0.295. The summed E-state index contributed by atoms with van der Waals surface area (Å²) in [7, 11) is 1.64. The maximum atomic E-state index is 13.4. The number of aryl methyl sites for hydroxylation is 1. The SMILES string of the molecule is COc1ccc(Oc2c(CN(CC3CC3)C(=O)c3cccs3)c(C)nn2-c2ccccc2)cc1. The monoisotopic (exact) mass is 473 g/mol. The number of carbonyl (C=O) groups excluding carboxylic acids is 1. The van der Waals surface area contributed by atoms with Crippen molar-refractivity contribution in [2.45, 2.75) is 26.3 Å². The summed E-state index contributed by atoms with van der Waals surface area (Å²) in [6.45, 7) is 3.16. The molecule has 1 fully saturated rings. The van der Waals surface area contributed by atoms with Crippen LogP contribution in [0.3, 0.4) is 0 Å². The molecule has 1 aliphatic rings. The van der Waals surface area contributed by atoms with E-state index in [1.54, 1.807) is 7.11 Å². The predicted octanol–water partition coefficient (Wildman–Crippen LogP) is 6.10. The molecule has 0 saturated heterocycles. The van der Waals surface area contributed by atoms with E-state index in [-0.39, 0.29) is 5.91 Å². The number of nitrogens with zero attached hydrogens (tertiary/aromatic N) is 3. The van der Waals surface area contributed by atoms with Crippen LogP contribution in [-0.2, 0) is 6.54 Å². The maximum Gasteiger partial charge on any atom is 0.264 e. The van der Waals surface area contributed by atoms with E-state index in [1.807, 2.05) is 88.6 Å². The van der Waals surface area contributed by atoms with Crippen molar-refractivity contribution in [3.63, 3.8) is 0 Å². The van der Waals surface area contributed by atoms with Crippen LogP contribution in [-0.4, -0.2) is 34.2 Å². The fourth-order valence-corrected chi connectivity index (χ4v) is 4.59. The average molecular weight is 474 g/mol. The number of para-hydroxylation sites is 1. The number of thiophene rings is 1. The molecule has 1 aliphatic carbocycles. The minimum atomic E-state index is 0.0594. The molecule has 0 aliphatic heterocycles. The second-order valence-corrected chi connectivity index (χ2v) is 9.45. The van der Waals surface area contributed by atoms with Gasteiger partial charge in [0.25, 0.3) is 5.91 Å². The lowest BCUT2D eigenvalue weighted by Crippen LogP contribution is -2.32. The number of amides is 1. The van der Waals surface area contributed by atoms with Crippen molar-refractivity contribution < 1.29 is 14.3 Å². The third-order valence-electron chi connectivity index (χ3n) is 5.96. The Labute approximate surface area is 203 Å². The Hall–Kier alpha value is -3.58. The number of carbonyl (C=O) groups is 1. The van der Waals surface area contributed by atoms with Crippen molar-refractivity contribution >= 4 is 17.2 Å². The van der Waals surface area contributed by atoms with Gasteiger partial charge in [-0.1, -0.05) is 24.3 Å². The number of methoxy groups -OCH3 is 1. The zero-order valence-corrected chi connectivity index (χ0v) is 20.1. The van der Waals surface area contributed by atoms with E-state index in [4.69, 9.17) is 14.6 Å². The predicted molar refractivity (Wildman–Crippen MR) is 133 cm³/mol. The van der Waals surface area contributed by atoms with Crippen molar-refractivity contribution in [3.05, 3.63) is 88.2 Å². The summed E-state index contributed by atoms with van der Waals surface area (Å²) < 4.78 is 13.5. The number of ether oxygens (including phenoxy) is 2. The zero-order chi connectivity index (χ0) is 23.5. The highest BCUT2D eigenvalue weighted by Crippen LogP contribution is 2.35. The third-order valence-corrected chi connectivity index (χ3v) is 6.81. The first-order valence-electron chi connectivity index (χ1n) is 11.4. The Morgan fingerprint density at radius 1 is 1.06 bits per heavy atom. The molecule has 0 bridgehead atoms. The Morgan fingerprint density at radius 2 is 1.79 bits per heavy atom. The van der Waals surface area contributed by atoms with Crippen molar-refractivity contribution in [1.29, 1.82) is 0 Å². The third kappa shape index (κ3) is 4.84. The van der Waals surface area contributed by atoms with Crippen LogP contribution in [0.25, 0.3) is 5.69 Å². The van der Waals surface area contributed by atoms with Crippen LogP contribution < -0.4 is 9.47 Å². The van der Waals surface area contributed by atoms with Gasteiger partial charge in [0, 0.05) is 6.54 Å². The van der Waals surface area contributed by atoms with Crippen LogP contribution in [0.5, 0.6) is 17.4 Å². The molecule has 1 saturated carbocycles. The van der Waals surface area contributed by atoms with Crippen LogP contribution in [0.15, 0.2) is 72.1 Å². The van der Waals surface area contributed by atoms with Crippen LogP contribution >= 0.6 is 11.3 Å². The summed E-state index contributed by atoms with van der Waals surface area (Å²) in [5.74, 6) is 2.69. The van der Waals surface area contributed by atoms with E-state index in [9.17, 15) is 4.79 Å². The summed E-state index contributed by atoms with van der Waals surface area (Å²) in [6, 6.07) is 21.2. The summed E-state index contributed by atoms with van der Waals surface area (Å²) in [5, 5.41) is 6.76. The molecule has 5 rings (SSSR count). The molecule has 174 valence electrons. The van der Waals surface area contributed by atoms with Gasteiger partial charge in [0.05, 0.1) is 35.5 Å². The van der Waals surface area contributed by atoms with Crippen LogP contribution in [0.4, 0.5) is 0 Å². The van der Waals surface area contributed by atoms with Crippen molar-refractivity contribution in [1.82, 2.24) is 14.7 Å². The smallest absolute Gasteiger partial charge is 0.264 e. The van der Waals surface area contributed by atoms with Crippen LogP contribution in [0.1, 0.15) is 33.8 Å². The van der Waals surface area contributed by atoms with Crippen molar-refractivity contribution in [2.24, 2.45) is 5.92 Å². The molecular weight excluding hydrogens is 446 g/mol. The first kappa shape index (κ1) is 22.2. The van der Waals surface area contributed by atoms with Crippen LogP contribution in [0, 0.1) is 12.8 Å². The normalized spacial score (nSPS) is 13.0. The largest absolute Gasteiger partial charge is 0.497 e. The van der Waals surface area contributed by atoms with E-state index < -0.39 is 0 Å². The van der Waals surface area contributed by atoms with Gasteiger partial charge in [-0.3, -0.25) is 4.79 Å². The van der Waals surface area contributed by atoms with E-state index >= 15 is 0 Å². The molecule has 1 amide bonds. The molecule has 0 radical (unpaired) electrons. The van der Waals surface area contributed by atoms with Gasteiger partial charge in [0.2, 0.25) is 5.88 Å². The van der Waals surface area contributed by atoms with Crippen LogP contribution in [0.2, 0.25) is 0 Å². The second kappa shape index (κ2) is 9.73. The van der Waals surface area contributed by atoms with Crippen molar-refractivity contribution in [2.75, 3.05) is 13.7 Å². The molecule has 6 nitrogen and oxygen atoms in total. The number of hydrogen-bond donors (Lipinski definition) is 0. The first-order chi connectivity index (χ1) is 16.6. The van der Waals surface area contributed by atoms with Gasteiger partial charge < -0.3 is 14.4 Å². The van der Waals surface area contributed by atoms with E-state index in [2.05, 4.69) is 0 Å². The summed E-state index contributed by atoms with van der Waals surface area (Å²) in [5.41, 5.74) is 2.65. The lowest BCUT2D eigenvalue weighted by atomic mass is 10.2. The number of hydrogen-bond acceptors (Lipinski definition) is 5. The molecular formula is C27H27N3O3S. The van der Waals surface area contributed by atoms with Gasteiger partial charge in [-0.2, -0.15) is 5.10 Å². The average Bonchev–Trinajstić information content (AvgIpc) is 3.41. The zero-order valence-electron chi connectivity index (χ0n) is 19.3. The molecule has 2 heterocycles. The fourth-order valence-electron chi connectivity index (χ4n) is 3.90. The second-order valence-electron chi connectivity index (χ2n) is 8.50. The number of rotatable bonds is 9. The summed E-state index contributed by atoms with van der Waals surface area (Å²) in [6.07, 6.45) is 2.34. The highest BCUT2D eigenvalue weighted by atomic mass is 32.1. The molecule has 0 atom stereocenters. The topological polar surface area (TPSA) is 56.6 Å². The van der Waals surface area contributed by atoms with E-state index in [1.165, 1.54) is 24.2 Å². The van der Waals surface area contributed by atoms with Gasteiger partial charge in [-0.15, -0.1) is 11.3 Å². The lowest BCUT2D eigenvalue weighted by molar-refractivity contribution is 0.0738. The number of aromatic nitrogens is 2. The van der Waals surface area contributed by atoms with Gasteiger partial charge >= 0.3 is 0 Å². The van der Waals surface area contributed by atoms with Gasteiger partial charge in [0.1, 0.15) is 11.5 Å². The molecule has 34 heavy (non-hydrogen) atoms. The Morgan fingerprint density at radius 3 is 2.44 bits per heavy atom. The first-order valence-corrected chi connectivity index (χ1v) is 12.3. The minimum Gasteiger partial charge on any atom is -0.497 e. The summed E-state index contributed by atoms with van der Waals surface area (Å²) >= 11 is 1.48. The standard InChI is InChI=1S/C27H27N3O3S/c1-19-24(18-29(17-20-10-11-20)26(31)25-9-6-16-34-25)27(30(28-19)21-7-4-3-5-8-21)33-23-14-12-22(32-2)13-15-23/h3-9,12-16,20H,10-11,17-18H2,1-2H3. The molecule has 2 aromatic carbocycles. The Balaban J connectivity index is 1.53. The fraction of sp³-hybridized carbons (Fsp3) is 0.259. The lowest BCUT2D eigenvalue weighted by Gasteiger charge is -2.23. The Bertz CT molecular complexity index is 1250. The van der Waals surface area contributed by atoms with E-state index in [0.29, 0.717) is 24.1 Å². The van der Waals surface area contributed by atoms with Gasteiger partial charge in [0.15, 0.2) is 0 Å². The highest BCUT2D eigenvalue weighted by Gasteiger charge is 2.30. The van der Waals surface area contributed by atoms with E-state index in [0.717, 1.165) is 34.1 Å². The molecule has 4 aromatic rings.